The molecule has 33 heavy (non-hydrogen) atoms. The largest absolute Gasteiger partial charge is 0.328 e. The van der Waals surface area contributed by atoms with Crippen molar-refractivity contribution in [2.45, 2.75) is 13.0 Å². The van der Waals surface area contributed by atoms with E-state index in [2.05, 4.69) is 25.7 Å². The number of nitrogens with one attached hydrogen (secondary N) is 2. The van der Waals surface area contributed by atoms with Crippen molar-refractivity contribution in [3.63, 3.8) is 0 Å². The van der Waals surface area contributed by atoms with Gasteiger partial charge in [0.25, 0.3) is 5.91 Å². The Labute approximate surface area is 194 Å². The first-order chi connectivity index (χ1) is 16.0. The molecule has 7 nitrogen and oxygen atoms in total. The van der Waals surface area contributed by atoms with Gasteiger partial charge in [-0.2, -0.15) is 4.98 Å². The van der Waals surface area contributed by atoms with Crippen LogP contribution in [0.1, 0.15) is 18.5 Å². The lowest BCUT2D eigenvalue weighted by Gasteiger charge is -2.28. The molecule has 0 radical (unpaired) electrons. The second-order valence-corrected chi connectivity index (χ2v) is 7.85. The second-order valence-electron chi connectivity index (χ2n) is 7.44. The molecule has 2 aromatic carbocycles. The minimum absolute atomic E-state index is 0.293. The molecule has 1 amide bonds. The molecule has 1 atom stereocenters. The van der Waals surface area contributed by atoms with Gasteiger partial charge in [-0.1, -0.05) is 48.0 Å². The minimum atomic E-state index is -0.852. The highest BCUT2D eigenvalue weighted by atomic mass is 35.5. The highest BCUT2D eigenvalue weighted by Gasteiger charge is 2.36. The summed E-state index contributed by atoms with van der Waals surface area (Å²) in [5, 5.41) is 11.0. The van der Waals surface area contributed by atoms with Crippen LogP contribution in [0.3, 0.4) is 0 Å². The lowest BCUT2D eigenvalue weighted by Crippen LogP contribution is -2.32. The van der Waals surface area contributed by atoms with Crippen molar-refractivity contribution in [1.82, 2.24) is 19.7 Å². The van der Waals surface area contributed by atoms with E-state index in [1.54, 1.807) is 61.7 Å². The summed E-state index contributed by atoms with van der Waals surface area (Å²) in [6.45, 7) is 1.74. The minimum Gasteiger partial charge on any atom is -0.328 e. The molecule has 2 N–H and O–H groups in total. The predicted molar refractivity (Wildman–Crippen MR) is 124 cm³/mol. The summed E-state index contributed by atoms with van der Waals surface area (Å²) in [4.78, 5) is 22.1. The molecule has 4 aromatic rings. The molecule has 2 aromatic heterocycles. The number of anilines is 2. The summed E-state index contributed by atoms with van der Waals surface area (Å²) >= 11 is 6.35. The Morgan fingerprint density at radius 2 is 1.85 bits per heavy atom. The van der Waals surface area contributed by atoms with Crippen LogP contribution >= 0.6 is 11.6 Å². The molecular formula is C24H18ClFN6O. The number of benzene rings is 2. The van der Waals surface area contributed by atoms with Crippen LogP contribution in [0.5, 0.6) is 0 Å². The third-order valence-corrected chi connectivity index (χ3v) is 5.65. The predicted octanol–water partition coefficient (Wildman–Crippen LogP) is 5.06. The summed E-state index contributed by atoms with van der Waals surface area (Å²) in [6.07, 6.45) is 1.58. The Kier molecular flexibility index (Phi) is 5.35. The topological polar surface area (TPSA) is 84.7 Å². The van der Waals surface area contributed by atoms with Gasteiger partial charge in [0.15, 0.2) is 5.82 Å². The van der Waals surface area contributed by atoms with E-state index in [4.69, 9.17) is 11.6 Å². The van der Waals surface area contributed by atoms with Gasteiger partial charge < -0.3 is 10.6 Å². The first-order valence-corrected chi connectivity index (χ1v) is 10.6. The van der Waals surface area contributed by atoms with Crippen molar-refractivity contribution in [3.8, 4) is 11.4 Å². The first-order valence-electron chi connectivity index (χ1n) is 10.2. The van der Waals surface area contributed by atoms with E-state index >= 15 is 0 Å². The molecular weight excluding hydrogens is 443 g/mol. The molecule has 0 spiro atoms. The number of amides is 1. The standard InChI is InChI=1S/C24H18ClFN6O/c1-14-20(23(33)29-19-12-6-7-13-27-19)21(16-9-3-5-11-18(16)26)32-24(28-14)30-22(31-32)15-8-2-4-10-17(15)25/h2-13,21H,1H3,(H,27,29,33)(H,28,30,31). The molecule has 1 aliphatic heterocycles. The Bertz CT molecular complexity index is 1380. The van der Waals surface area contributed by atoms with Crippen molar-refractivity contribution in [1.29, 1.82) is 0 Å². The summed E-state index contributed by atoms with van der Waals surface area (Å²) in [5.41, 5.74) is 1.75. The van der Waals surface area contributed by atoms with Crippen molar-refractivity contribution in [3.05, 3.63) is 101 Å². The third kappa shape index (κ3) is 3.85. The van der Waals surface area contributed by atoms with E-state index in [1.165, 1.54) is 10.7 Å². The molecule has 0 bridgehead atoms. The van der Waals surface area contributed by atoms with Crippen molar-refractivity contribution < 1.29 is 9.18 Å². The number of aromatic nitrogens is 4. The van der Waals surface area contributed by atoms with Gasteiger partial charge in [0, 0.05) is 23.0 Å². The zero-order chi connectivity index (χ0) is 22.9. The van der Waals surface area contributed by atoms with Gasteiger partial charge in [-0.15, -0.1) is 5.10 Å². The average molecular weight is 461 g/mol. The van der Waals surface area contributed by atoms with Crippen LogP contribution in [0.4, 0.5) is 16.2 Å². The Balaban J connectivity index is 1.64. The van der Waals surface area contributed by atoms with Gasteiger partial charge >= 0.3 is 0 Å². The number of allylic oxidation sites excluding steroid dienone is 1. The molecule has 1 unspecified atom stereocenters. The molecule has 5 rings (SSSR count). The number of carbonyl (C=O) groups is 1. The second kappa shape index (κ2) is 8.48. The maximum atomic E-state index is 15.0. The monoisotopic (exact) mass is 460 g/mol. The normalized spacial score (nSPS) is 15.1. The fourth-order valence-corrected chi connectivity index (χ4v) is 4.03. The maximum absolute atomic E-state index is 15.0. The number of rotatable bonds is 4. The molecule has 9 heteroatoms. The molecule has 0 fully saturated rings. The number of hydrogen-bond acceptors (Lipinski definition) is 5. The highest BCUT2D eigenvalue weighted by Crippen LogP contribution is 2.38. The summed E-state index contributed by atoms with van der Waals surface area (Å²) in [7, 11) is 0. The Hall–Kier alpha value is -4.04. The Morgan fingerprint density at radius 3 is 2.61 bits per heavy atom. The van der Waals surface area contributed by atoms with Gasteiger partial charge in [-0.3, -0.25) is 4.79 Å². The number of hydrogen-bond donors (Lipinski definition) is 2. The van der Waals surface area contributed by atoms with Crippen LogP contribution in [0.2, 0.25) is 5.02 Å². The molecule has 0 aliphatic carbocycles. The Morgan fingerprint density at radius 1 is 1.09 bits per heavy atom. The smallest absolute Gasteiger partial charge is 0.257 e. The maximum Gasteiger partial charge on any atom is 0.257 e. The third-order valence-electron chi connectivity index (χ3n) is 5.32. The average Bonchev–Trinajstić information content (AvgIpc) is 3.23. The molecule has 3 heterocycles. The van der Waals surface area contributed by atoms with E-state index in [1.807, 2.05) is 12.1 Å². The number of fused-ring (bicyclic) bond motifs is 1. The zero-order valence-electron chi connectivity index (χ0n) is 17.5. The number of pyridine rings is 1. The van der Waals surface area contributed by atoms with E-state index in [-0.39, 0.29) is 0 Å². The van der Waals surface area contributed by atoms with Gasteiger partial charge in [0.2, 0.25) is 5.95 Å². The van der Waals surface area contributed by atoms with Crippen molar-refractivity contribution in [2.75, 3.05) is 10.6 Å². The van der Waals surface area contributed by atoms with Crippen molar-refractivity contribution in [2.24, 2.45) is 0 Å². The fourth-order valence-electron chi connectivity index (χ4n) is 3.81. The van der Waals surface area contributed by atoms with Crippen LogP contribution < -0.4 is 10.6 Å². The van der Waals surface area contributed by atoms with Gasteiger partial charge in [-0.25, -0.2) is 14.1 Å². The van der Waals surface area contributed by atoms with E-state index in [0.29, 0.717) is 45.0 Å². The van der Waals surface area contributed by atoms with E-state index < -0.39 is 17.8 Å². The number of carbonyl (C=O) groups excluding carboxylic acids is 1. The lowest BCUT2D eigenvalue weighted by atomic mass is 9.94. The summed E-state index contributed by atoms with van der Waals surface area (Å²) in [6, 6.07) is 17.8. The van der Waals surface area contributed by atoms with Crippen LogP contribution in [-0.4, -0.2) is 25.7 Å². The first kappa shape index (κ1) is 20.8. The van der Waals surface area contributed by atoms with Crippen molar-refractivity contribution >= 4 is 29.3 Å². The molecule has 0 saturated heterocycles. The van der Waals surface area contributed by atoms with Crippen LogP contribution in [-0.2, 0) is 4.79 Å². The number of halogens is 2. The number of nitrogens with zero attached hydrogens (tertiary/aromatic N) is 4. The summed E-state index contributed by atoms with van der Waals surface area (Å²) < 4.78 is 16.5. The van der Waals surface area contributed by atoms with Crippen LogP contribution in [0.25, 0.3) is 11.4 Å². The van der Waals surface area contributed by atoms with Gasteiger partial charge in [-0.05, 0) is 37.3 Å². The quantitative estimate of drug-likeness (QED) is 0.444. The van der Waals surface area contributed by atoms with E-state index in [0.717, 1.165) is 0 Å². The highest BCUT2D eigenvalue weighted by molar-refractivity contribution is 6.33. The SMILES string of the molecule is CC1=C(C(=O)Nc2ccccn2)C(c2ccccc2F)n2nc(-c3ccccc3Cl)nc2N1. The lowest BCUT2D eigenvalue weighted by molar-refractivity contribution is -0.113. The zero-order valence-corrected chi connectivity index (χ0v) is 18.2. The van der Waals surface area contributed by atoms with Crippen LogP contribution in [0, 0.1) is 5.82 Å². The van der Waals surface area contributed by atoms with E-state index in [9.17, 15) is 9.18 Å². The molecule has 1 aliphatic rings. The summed E-state index contributed by atoms with van der Waals surface area (Å²) in [5.74, 6) is 0.249. The van der Waals surface area contributed by atoms with Gasteiger partial charge in [0.05, 0.1) is 10.6 Å². The molecule has 0 saturated carbocycles. The van der Waals surface area contributed by atoms with Gasteiger partial charge in [0.1, 0.15) is 17.7 Å². The molecule has 164 valence electrons. The van der Waals surface area contributed by atoms with Crippen LogP contribution in [0.15, 0.2) is 84.2 Å². The fraction of sp³-hybridized carbons (Fsp3) is 0.0833.